The number of carbonyl (C=O) groups excluding carboxylic acids is 4. The molecule has 1 aliphatic rings. The van der Waals surface area contributed by atoms with Gasteiger partial charge in [-0.15, -0.1) is 0 Å². The number of amides is 4. The Labute approximate surface area is 217 Å². The fraction of sp³-hybridized carbons (Fsp3) is 0.320. The SMILES string of the molecule is C[C@@H](C(=O)N[C@H](CCC(=O)O)C(N)=O)N(Cc1ccccc1)C(=O)C1(C)Oc2ccc(Cl)cc2NC1=O. The number of aliphatic carboxylic acids is 1. The highest BCUT2D eigenvalue weighted by Crippen LogP contribution is 2.36. The van der Waals surface area contributed by atoms with E-state index in [4.69, 9.17) is 27.2 Å². The van der Waals surface area contributed by atoms with E-state index in [9.17, 15) is 24.0 Å². The van der Waals surface area contributed by atoms with Gasteiger partial charge in [0.15, 0.2) is 0 Å². The predicted octanol–water partition coefficient (Wildman–Crippen LogP) is 1.68. The van der Waals surface area contributed by atoms with E-state index in [1.165, 1.54) is 26.0 Å². The molecule has 0 radical (unpaired) electrons. The van der Waals surface area contributed by atoms with Crippen LogP contribution < -0.4 is 21.1 Å². The van der Waals surface area contributed by atoms with Gasteiger partial charge in [-0.1, -0.05) is 41.9 Å². The van der Waals surface area contributed by atoms with Crippen molar-refractivity contribution < 1.29 is 33.8 Å². The quantitative estimate of drug-likeness (QED) is 0.339. The highest BCUT2D eigenvalue weighted by molar-refractivity contribution is 6.31. The molecular weight excluding hydrogens is 504 g/mol. The van der Waals surface area contributed by atoms with Gasteiger partial charge < -0.3 is 31.1 Å². The van der Waals surface area contributed by atoms with Crippen LogP contribution in [0.4, 0.5) is 5.69 Å². The van der Waals surface area contributed by atoms with Crippen LogP contribution in [0.2, 0.25) is 5.02 Å². The molecule has 37 heavy (non-hydrogen) atoms. The standard InChI is InChI=1S/C25H27ClN4O7/c1-14(22(34)28-17(21(27)33)9-11-20(31)32)30(13-15-6-4-3-5-7-15)24(36)25(2)23(35)29-18-12-16(26)8-10-19(18)37-25/h3-8,10,12,14,17H,9,11,13H2,1-2H3,(H2,27,33)(H,28,34)(H,29,35)(H,31,32)/t14-,17+,25?/m0/s1. The van der Waals surface area contributed by atoms with Crippen LogP contribution in [0.1, 0.15) is 32.3 Å². The average Bonchev–Trinajstić information content (AvgIpc) is 2.85. The van der Waals surface area contributed by atoms with E-state index in [0.717, 1.165) is 4.90 Å². The number of nitrogens with one attached hydrogen (secondary N) is 2. The van der Waals surface area contributed by atoms with Gasteiger partial charge in [0.25, 0.3) is 17.4 Å². The number of halogens is 1. The first kappa shape index (κ1) is 27.5. The molecule has 1 heterocycles. The summed E-state index contributed by atoms with van der Waals surface area (Å²) in [6.45, 7) is 2.65. The summed E-state index contributed by atoms with van der Waals surface area (Å²) in [4.78, 5) is 63.9. The first-order valence-corrected chi connectivity index (χ1v) is 11.8. The summed E-state index contributed by atoms with van der Waals surface area (Å²) in [6, 6.07) is 10.9. The number of primary amides is 1. The predicted molar refractivity (Wildman–Crippen MR) is 134 cm³/mol. The smallest absolute Gasteiger partial charge is 0.303 e. The van der Waals surface area contributed by atoms with E-state index in [2.05, 4.69) is 10.6 Å². The van der Waals surface area contributed by atoms with Gasteiger partial charge in [-0.3, -0.25) is 24.0 Å². The third kappa shape index (κ3) is 6.36. The minimum Gasteiger partial charge on any atom is -0.481 e. The van der Waals surface area contributed by atoms with Gasteiger partial charge in [-0.25, -0.2) is 0 Å². The lowest BCUT2D eigenvalue weighted by Crippen LogP contribution is -2.63. The van der Waals surface area contributed by atoms with Gasteiger partial charge in [-0.2, -0.15) is 0 Å². The Kier molecular flexibility index (Phi) is 8.38. The van der Waals surface area contributed by atoms with Crippen LogP contribution in [0.3, 0.4) is 0 Å². The largest absolute Gasteiger partial charge is 0.481 e. The summed E-state index contributed by atoms with van der Waals surface area (Å²) in [5, 5.41) is 14.3. The second-order valence-electron chi connectivity index (χ2n) is 8.72. The summed E-state index contributed by atoms with van der Waals surface area (Å²) in [7, 11) is 0. The molecule has 0 saturated carbocycles. The number of anilines is 1. The molecule has 1 aliphatic heterocycles. The van der Waals surface area contributed by atoms with Crippen molar-refractivity contribution in [3.63, 3.8) is 0 Å². The van der Waals surface area contributed by atoms with Crippen LogP contribution in [0, 0.1) is 0 Å². The van der Waals surface area contributed by atoms with Gasteiger partial charge >= 0.3 is 5.97 Å². The van der Waals surface area contributed by atoms with Gasteiger partial charge in [0.2, 0.25) is 11.8 Å². The van der Waals surface area contributed by atoms with E-state index < -0.39 is 53.7 Å². The van der Waals surface area contributed by atoms with E-state index in [-0.39, 0.29) is 18.7 Å². The molecule has 0 bridgehead atoms. The molecule has 0 aromatic heterocycles. The van der Waals surface area contributed by atoms with Crippen molar-refractivity contribution in [3.8, 4) is 5.75 Å². The maximum absolute atomic E-state index is 13.9. The Balaban J connectivity index is 1.91. The van der Waals surface area contributed by atoms with Crippen LogP contribution in [0.15, 0.2) is 48.5 Å². The molecule has 0 spiro atoms. The molecule has 196 valence electrons. The summed E-state index contributed by atoms with van der Waals surface area (Å²) in [5.74, 6) is -4.18. The molecule has 0 aliphatic carbocycles. The second-order valence-corrected chi connectivity index (χ2v) is 9.16. The summed E-state index contributed by atoms with van der Waals surface area (Å²) in [5.41, 5.74) is 4.27. The Hall–Kier alpha value is -4.12. The number of carboxylic acid groups (broad SMARTS) is 1. The fourth-order valence-corrected chi connectivity index (χ4v) is 3.94. The molecule has 3 atom stereocenters. The minimum absolute atomic E-state index is 0.0651. The summed E-state index contributed by atoms with van der Waals surface area (Å²) in [6.07, 6.45) is -0.622. The highest BCUT2D eigenvalue weighted by atomic mass is 35.5. The number of fused-ring (bicyclic) bond motifs is 1. The first-order chi connectivity index (χ1) is 17.4. The lowest BCUT2D eigenvalue weighted by atomic mass is 9.98. The molecule has 11 nitrogen and oxygen atoms in total. The molecule has 0 fully saturated rings. The van der Waals surface area contributed by atoms with Gasteiger partial charge in [0.1, 0.15) is 17.8 Å². The van der Waals surface area contributed by atoms with E-state index >= 15 is 0 Å². The van der Waals surface area contributed by atoms with Crippen LogP contribution >= 0.6 is 11.6 Å². The normalized spacial score (nSPS) is 17.9. The monoisotopic (exact) mass is 530 g/mol. The Morgan fingerprint density at radius 3 is 2.49 bits per heavy atom. The Morgan fingerprint density at radius 2 is 1.86 bits per heavy atom. The van der Waals surface area contributed by atoms with Crippen molar-refractivity contribution in [1.29, 1.82) is 0 Å². The van der Waals surface area contributed by atoms with E-state index in [1.807, 2.05) is 0 Å². The lowest BCUT2D eigenvalue weighted by molar-refractivity contribution is -0.159. The number of nitrogens with two attached hydrogens (primary N) is 1. The van der Waals surface area contributed by atoms with Crippen molar-refractivity contribution >= 4 is 46.9 Å². The molecule has 0 saturated heterocycles. The number of ether oxygens (including phenoxy) is 1. The Morgan fingerprint density at radius 1 is 1.19 bits per heavy atom. The lowest BCUT2D eigenvalue weighted by Gasteiger charge is -2.39. The first-order valence-electron chi connectivity index (χ1n) is 11.4. The van der Waals surface area contributed by atoms with Crippen molar-refractivity contribution in [2.45, 2.75) is 50.9 Å². The average molecular weight is 531 g/mol. The van der Waals surface area contributed by atoms with Crippen LogP contribution in [-0.4, -0.2) is 57.3 Å². The van der Waals surface area contributed by atoms with Crippen molar-refractivity contribution in [2.75, 3.05) is 5.32 Å². The highest BCUT2D eigenvalue weighted by Gasteiger charge is 2.51. The van der Waals surface area contributed by atoms with Crippen molar-refractivity contribution in [1.82, 2.24) is 10.2 Å². The van der Waals surface area contributed by atoms with E-state index in [0.29, 0.717) is 16.3 Å². The topological polar surface area (TPSA) is 168 Å². The van der Waals surface area contributed by atoms with Crippen molar-refractivity contribution in [2.24, 2.45) is 5.73 Å². The molecule has 5 N–H and O–H groups in total. The molecule has 3 rings (SSSR count). The zero-order valence-electron chi connectivity index (χ0n) is 20.2. The molecule has 1 unspecified atom stereocenters. The number of carbonyl (C=O) groups is 5. The maximum Gasteiger partial charge on any atom is 0.303 e. The Bertz CT molecular complexity index is 1220. The van der Waals surface area contributed by atoms with Gasteiger partial charge in [0, 0.05) is 18.0 Å². The van der Waals surface area contributed by atoms with Crippen LogP contribution in [0.25, 0.3) is 0 Å². The summed E-state index contributed by atoms with van der Waals surface area (Å²) >= 11 is 5.99. The maximum atomic E-state index is 13.9. The van der Waals surface area contributed by atoms with Crippen molar-refractivity contribution in [3.05, 3.63) is 59.1 Å². The number of rotatable bonds is 10. The molecule has 2 aromatic carbocycles. The number of benzene rings is 2. The minimum atomic E-state index is -2.03. The van der Waals surface area contributed by atoms with E-state index in [1.54, 1.807) is 36.4 Å². The number of nitrogens with zero attached hydrogens (tertiary/aromatic N) is 1. The van der Waals surface area contributed by atoms with Crippen LogP contribution in [-0.2, 0) is 30.5 Å². The number of carboxylic acids is 1. The fourth-order valence-electron chi connectivity index (χ4n) is 3.76. The van der Waals surface area contributed by atoms with Gasteiger partial charge in [-0.05, 0) is 44.0 Å². The second kappa shape index (κ2) is 11.3. The molecule has 2 aromatic rings. The zero-order valence-corrected chi connectivity index (χ0v) is 20.9. The molecule has 4 amide bonds. The summed E-state index contributed by atoms with van der Waals surface area (Å²) < 4.78 is 5.85. The van der Waals surface area contributed by atoms with Gasteiger partial charge in [0.05, 0.1) is 5.69 Å². The van der Waals surface area contributed by atoms with Crippen LogP contribution in [0.5, 0.6) is 5.75 Å². The third-order valence-electron chi connectivity index (χ3n) is 5.96. The zero-order chi connectivity index (χ0) is 27.3. The third-order valence-corrected chi connectivity index (χ3v) is 6.19. The number of hydrogen-bond donors (Lipinski definition) is 4. The number of hydrogen-bond acceptors (Lipinski definition) is 6. The molecular formula is C25H27ClN4O7. The molecule has 12 heteroatoms.